The molecule has 3 aliphatic rings. The SMILES string of the molecule is O=C(NC1CCOCC1)C1CCN(c2cc(C3CCC3)ncn2)CC1. The minimum absolute atomic E-state index is 0.132. The van der Waals surface area contributed by atoms with Crippen molar-refractivity contribution in [1.29, 1.82) is 0 Å². The highest BCUT2D eigenvalue weighted by molar-refractivity contribution is 5.79. The zero-order valence-electron chi connectivity index (χ0n) is 14.8. The number of hydrogen-bond acceptors (Lipinski definition) is 5. The van der Waals surface area contributed by atoms with Gasteiger partial charge in [0.15, 0.2) is 0 Å². The van der Waals surface area contributed by atoms with Crippen LogP contribution in [0.1, 0.15) is 56.6 Å². The lowest BCUT2D eigenvalue weighted by atomic mass is 9.83. The van der Waals surface area contributed by atoms with Gasteiger partial charge >= 0.3 is 0 Å². The van der Waals surface area contributed by atoms with E-state index >= 15 is 0 Å². The van der Waals surface area contributed by atoms with E-state index in [1.165, 1.54) is 25.0 Å². The van der Waals surface area contributed by atoms with Crippen molar-refractivity contribution in [3.05, 3.63) is 18.1 Å². The van der Waals surface area contributed by atoms with Crippen molar-refractivity contribution in [2.24, 2.45) is 5.92 Å². The van der Waals surface area contributed by atoms with Gasteiger partial charge in [0.25, 0.3) is 0 Å². The third-order valence-corrected chi connectivity index (χ3v) is 5.95. The van der Waals surface area contributed by atoms with Gasteiger partial charge in [-0.1, -0.05) is 6.42 Å². The second-order valence-corrected chi connectivity index (χ2v) is 7.59. The van der Waals surface area contributed by atoms with Crippen molar-refractivity contribution in [2.45, 2.75) is 56.9 Å². The van der Waals surface area contributed by atoms with Crippen molar-refractivity contribution in [1.82, 2.24) is 15.3 Å². The van der Waals surface area contributed by atoms with Crippen molar-refractivity contribution in [2.75, 3.05) is 31.2 Å². The topological polar surface area (TPSA) is 67.3 Å². The summed E-state index contributed by atoms with van der Waals surface area (Å²) in [6.07, 6.45) is 9.21. The lowest BCUT2D eigenvalue weighted by molar-refractivity contribution is -0.126. The van der Waals surface area contributed by atoms with Crippen LogP contribution in [0, 0.1) is 5.92 Å². The summed E-state index contributed by atoms with van der Waals surface area (Å²) in [6.45, 7) is 3.32. The van der Waals surface area contributed by atoms with Gasteiger partial charge in [0.1, 0.15) is 12.1 Å². The molecule has 1 N–H and O–H groups in total. The molecule has 3 fully saturated rings. The normalized spacial score (nSPS) is 23.3. The molecule has 0 atom stereocenters. The van der Waals surface area contributed by atoms with Gasteiger partial charge in [-0.2, -0.15) is 0 Å². The Morgan fingerprint density at radius 3 is 2.52 bits per heavy atom. The molecule has 0 bridgehead atoms. The van der Waals surface area contributed by atoms with Crippen LogP contribution in [0.25, 0.3) is 0 Å². The summed E-state index contributed by atoms with van der Waals surface area (Å²) >= 11 is 0. The molecule has 136 valence electrons. The molecule has 0 unspecified atom stereocenters. The molecule has 0 spiro atoms. The lowest BCUT2D eigenvalue weighted by Crippen LogP contribution is -2.45. The summed E-state index contributed by atoms with van der Waals surface area (Å²) in [5, 5.41) is 3.22. The fourth-order valence-corrected chi connectivity index (χ4v) is 3.99. The minimum Gasteiger partial charge on any atom is -0.381 e. The van der Waals surface area contributed by atoms with Crippen LogP contribution in [-0.2, 0) is 9.53 Å². The first-order valence-corrected chi connectivity index (χ1v) is 9.74. The third kappa shape index (κ3) is 3.94. The third-order valence-electron chi connectivity index (χ3n) is 5.95. The highest BCUT2D eigenvalue weighted by atomic mass is 16.5. The molecule has 0 radical (unpaired) electrons. The van der Waals surface area contributed by atoms with E-state index in [9.17, 15) is 4.79 Å². The summed E-state index contributed by atoms with van der Waals surface area (Å²) < 4.78 is 5.36. The lowest BCUT2D eigenvalue weighted by Gasteiger charge is -2.34. The van der Waals surface area contributed by atoms with Crippen LogP contribution in [0.2, 0.25) is 0 Å². The number of hydrogen-bond donors (Lipinski definition) is 1. The highest BCUT2D eigenvalue weighted by Gasteiger charge is 2.28. The number of anilines is 1. The zero-order valence-corrected chi connectivity index (χ0v) is 14.8. The maximum absolute atomic E-state index is 12.5. The van der Waals surface area contributed by atoms with Crippen molar-refractivity contribution in [3.8, 4) is 0 Å². The quantitative estimate of drug-likeness (QED) is 0.907. The molecule has 2 aliphatic heterocycles. The number of nitrogens with zero attached hydrogens (tertiary/aromatic N) is 3. The van der Waals surface area contributed by atoms with Gasteiger partial charge in [-0.15, -0.1) is 0 Å². The summed E-state index contributed by atoms with van der Waals surface area (Å²) in [4.78, 5) is 23.7. The summed E-state index contributed by atoms with van der Waals surface area (Å²) in [6, 6.07) is 2.46. The monoisotopic (exact) mass is 344 g/mol. The highest BCUT2D eigenvalue weighted by Crippen LogP contribution is 2.36. The van der Waals surface area contributed by atoms with Crippen LogP contribution in [0.5, 0.6) is 0 Å². The molecule has 4 rings (SSSR count). The fraction of sp³-hybridized carbons (Fsp3) is 0.737. The summed E-state index contributed by atoms with van der Waals surface area (Å²) in [5.74, 6) is 2.01. The number of piperidine rings is 1. The number of carbonyl (C=O) groups is 1. The van der Waals surface area contributed by atoms with Crippen molar-refractivity contribution >= 4 is 11.7 Å². The first-order chi connectivity index (χ1) is 12.3. The molecule has 25 heavy (non-hydrogen) atoms. The van der Waals surface area contributed by atoms with Crippen LogP contribution in [0.4, 0.5) is 5.82 Å². The Bertz CT molecular complexity index is 591. The molecule has 6 nitrogen and oxygen atoms in total. The largest absolute Gasteiger partial charge is 0.381 e. The molecule has 1 amide bonds. The van der Waals surface area contributed by atoms with Crippen LogP contribution in [-0.4, -0.2) is 48.2 Å². The minimum atomic E-state index is 0.132. The van der Waals surface area contributed by atoms with E-state index in [-0.39, 0.29) is 11.8 Å². The fourth-order valence-electron chi connectivity index (χ4n) is 3.99. The van der Waals surface area contributed by atoms with Crippen LogP contribution < -0.4 is 10.2 Å². The second-order valence-electron chi connectivity index (χ2n) is 7.59. The molecular weight excluding hydrogens is 316 g/mol. The number of aromatic nitrogens is 2. The predicted octanol–water partition coefficient (Wildman–Crippen LogP) is 2.26. The van der Waals surface area contributed by atoms with Crippen LogP contribution >= 0.6 is 0 Å². The molecule has 6 heteroatoms. The van der Waals surface area contributed by atoms with E-state index < -0.39 is 0 Å². The molecule has 1 aromatic rings. The Kier molecular flexibility index (Phi) is 5.15. The number of ether oxygens (including phenoxy) is 1. The van der Waals surface area contributed by atoms with E-state index in [4.69, 9.17) is 4.74 Å². The van der Waals surface area contributed by atoms with Crippen molar-refractivity contribution in [3.63, 3.8) is 0 Å². The first kappa shape index (κ1) is 16.8. The van der Waals surface area contributed by atoms with E-state index in [1.54, 1.807) is 6.33 Å². The Morgan fingerprint density at radius 1 is 1.08 bits per heavy atom. The number of carbonyl (C=O) groups excluding carboxylic acids is 1. The Morgan fingerprint density at radius 2 is 1.84 bits per heavy atom. The van der Waals surface area contributed by atoms with Crippen molar-refractivity contribution < 1.29 is 9.53 Å². The Balaban J connectivity index is 1.29. The van der Waals surface area contributed by atoms with Gasteiger partial charge in [0.05, 0.1) is 0 Å². The van der Waals surface area contributed by atoms with E-state index in [2.05, 4.69) is 26.3 Å². The molecule has 2 saturated heterocycles. The van der Waals surface area contributed by atoms with Crippen LogP contribution in [0.15, 0.2) is 12.4 Å². The van der Waals surface area contributed by atoms with E-state index in [1.807, 2.05) is 0 Å². The van der Waals surface area contributed by atoms with Crippen LogP contribution in [0.3, 0.4) is 0 Å². The smallest absolute Gasteiger partial charge is 0.223 e. The molecule has 0 aromatic carbocycles. The second kappa shape index (κ2) is 7.68. The summed E-state index contributed by atoms with van der Waals surface area (Å²) in [5.41, 5.74) is 1.19. The predicted molar refractivity (Wildman–Crippen MR) is 95.5 cm³/mol. The zero-order chi connectivity index (χ0) is 17.1. The molecule has 1 aromatic heterocycles. The molecule has 3 heterocycles. The average molecular weight is 344 g/mol. The maximum atomic E-state index is 12.5. The average Bonchev–Trinajstić information content (AvgIpc) is 2.61. The van der Waals surface area contributed by atoms with Gasteiger partial charge in [-0.25, -0.2) is 9.97 Å². The Hall–Kier alpha value is -1.69. The number of amides is 1. The standard InChI is InChI=1S/C19H28N4O2/c24-19(22-16-6-10-25-11-7-16)15-4-8-23(9-5-15)18-12-17(20-13-21-18)14-2-1-3-14/h12-16H,1-11H2,(H,22,24). The van der Waals surface area contributed by atoms with Gasteiger partial charge in [0.2, 0.25) is 5.91 Å². The first-order valence-electron chi connectivity index (χ1n) is 9.74. The molecule has 1 aliphatic carbocycles. The number of rotatable bonds is 4. The maximum Gasteiger partial charge on any atom is 0.223 e. The van der Waals surface area contributed by atoms with E-state index in [0.29, 0.717) is 12.0 Å². The van der Waals surface area contributed by atoms with Gasteiger partial charge in [0, 0.05) is 55.9 Å². The Labute approximate surface area is 149 Å². The summed E-state index contributed by atoms with van der Waals surface area (Å²) in [7, 11) is 0. The molecular formula is C19H28N4O2. The van der Waals surface area contributed by atoms with Gasteiger partial charge in [-0.05, 0) is 38.5 Å². The molecule has 1 saturated carbocycles. The number of nitrogens with one attached hydrogen (secondary N) is 1. The van der Waals surface area contributed by atoms with Gasteiger partial charge in [-0.3, -0.25) is 4.79 Å². The van der Waals surface area contributed by atoms with Gasteiger partial charge < -0.3 is 15.0 Å². The van der Waals surface area contributed by atoms with E-state index in [0.717, 1.165) is 57.8 Å².